The van der Waals surface area contributed by atoms with E-state index in [1.165, 1.54) is 6.26 Å². The van der Waals surface area contributed by atoms with Crippen LogP contribution in [0.5, 0.6) is 0 Å². The molecule has 1 atom stereocenters. The van der Waals surface area contributed by atoms with Crippen molar-refractivity contribution in [2.45, 2.75) is 19.0 Å². The molecule has 0 aromatic heterocycles. The molecule has 2 rings (SSSR count). The molecule has 0 saturated carbocycles. The smallest absolute Gasteiger partial charge is 0.321 e. The van der Waals surface area contributed by atoms with E-state index in [0.29, 0.717) is 13.0 Å². The number of carboxylic acids is 1. The fraction of sp³-hybridized carbons (Fsp3) is 0.462. The van der Waals surface area contributed by atoms with E-state index in [1.807, 2.05) is 24.3 Å². The molecule has 1 aromatic carbocycles. The summed E-state index contributed by atoms with van der Waals surface area (Å²) >= 11 is 0. The van der Waals surface area contributed by atoms with E-state index in [9.17, 15) is 18.3 Å². The van der Waals surface area contributed by atoms with Crippen molar-refractivity contribution in [3.8, 4) is 0 Å². The van der Waals surface area contributed by atoms with Gasteiger partial charge >= 0.3 is 5.97 Å². The molecular formula is C13H17NO4S. The Morgan fingerprint density at radius 2 is 2.00 bits per heavy atom. The van der Waals surface area contributed by atoms with Gasteiger partial charge in [0.05, 0.1) is 5.75 Å². The second kappa shape index (κ2) is 5.30. The zero-order valence-electron chi connectivity index (χ0n) is 10.7. The quantitative estimate of drug-likeness (QED) is 0.873. The minimum Gasteiger partial charge on any atom is -0.480 e. The SMILES string of the molecule is CS(=O)(=O)CCN1Cc2ccccc2C[C@H]1C(=O)O. The van der Waals surface area contributed by atoms with Crippen LogP contribution >= 0.6 is 0 Å². The third-order valence-corrected chi connectivity index (χ3v) is 4.30. The van der Waals surface area contributed by atoms with Gasteiger partial charge in [0.25, 0.3) is 0 Å². The Kier molecular flexibility index (Phi) is 3.91. The second-order valence-electron chi connectivity index (χ2n) is 4.93. The summed E-state index contributed by atoms with van der Waals surface area (Å²) in [5, 5.41) is 9.27. The molecule has 1 N–H and O–H groups in total. The van der Waals surface area contributed by atoms with Crippen LogP contribution in [0.4, 0.5) is 0 Å². The van der Waals surface area contributed by atoms with Crippen LogP contribution in [0.1, 0.15) is 11.1 Å². The van der Waals surface area contributed by atoms with Gasteiger partial charge in [-0.25, -0.2) is 8.42 Å². The van der Waals surface area contributed by atoms with Crippen molar-refractivity contribution in [2.24, 2.45) is 0 Å². The van der Waals surface area contributed by atoms with E-state index in [4.69, 9.17) is 0 Å². The highest BCUT2D eigenvalue weighted by atomic mass is 32.2. The highest BCUT2D eigenvalue weighted by Crippen LogP contribution is 2.23. The van der Waals surface area contributed by atoms with E-state index in [1.54, 1.807) is 4.90 Å². The molecule has 0 saturated heterocycles. The number of sulfone groups is 1. The summed E-state index contributed by atoms with van der Waals surface area (Å²) in [5.41, 5.74) is 2.11. The summed E-state index contributed by atoms with van der Waals surface area (Å²) in [5.74, 6) is -0.915. The molecule has 0 fully saturated rings. The Hall–Kier alpha value is -1.40. The molecule has 1 aliphatic heterocycles. The molecule has 0 bridgehead atoms. The fourth-order valence-corrected chi connectivity index (χ4v) is 2.90. The average Bonchev–Trinajstić information content (AvgIpc) is 2.34. The van der Waals surface area contributed by atoms with Crippen molar-refractivity contribution in [1.82, 2.24) is 4.90 Å². The largest absolute Gasteiger partial charge is 0.480 e. The topological polar surface area (TPSA) is 74.7 Å². The molecular weight excluding hydrogens is 266 g/mol. The van der Waals surface area contributed by atoms with Crippen LogP contribution in [0.15, 0.2) is 24.3 Å². The van der Waals surface area contributed by atoms with Crippen molar-refractivity contribution in [3.05, 3.63) is 35.4 Å². The molecule has 5 nitrogen and oxygen atoms in total. The number of rotatable bonds is 4. The van der Waals surface area contributed by atoms with Gasteiger partial charge in [0, 0.05) is 19.3 Å². The summed E-state index contributed by atoms with van der Waals surface area (Å²) in [4.78, 5) is 13.0. The van der Waals surface area contributed by atoms with Crippen LogP contribution in [0, 0.1) is 0 Å². The number of carboxylic acid groups (broad SMARTS) is 1. The van der Waals surface area contributed by atoms with Gasteiger partial charge in [0.2, 0.25) is 0 Å². The average molecular weight is 283 g/mol. The maximum atomic E-state index is 11.3. The number of carbonyl (C=O) groups is 1. The lowest BCUT2D eigenvalue weighted by molar-refractivity contribution is -0.143. The van der Waals surface area contributed by atoms with Gasteiger partial charge in [0.1, 0.15) is 15.9 Å². The maximum Gasteiger partial charge on any atom is 0.321 e. The van der Waals surface area contributed by atoms with Gasteiger partial charge in [-0.2, -0.15) is 0 Å². The zero-order chi connectivity index (χ0) is 14.0. The Morgan fingerprint density at radius 1 is 1.37 bits per heavy atom. The van der Waals surface area contributed by atoms with Gasteiger partial charge in [-0.05, 0) is 17.5 Å². The van der Waals surface area contributed by atoms with Crippen LogP contribution in [-0.4, -0.2) is 49.0 Å². The first-order valence-electron chi connectivity index (χ1n) is 6.08. The minimum atomic E-state index is -3.08. The fourth-order valence-electron chi connectivity index (χ4n) is 2.34. The summed E-state index contributed by atoms with van der Waals surface area (Å²) < 4.78 is 22.4. The first kappa shape index (κ1) is 14.0. The van der Waals surface area contributed by atoms with Crippen LogP contribution < -0.4 is 0 Å². The number of benzene rings is 1. The van der Waals surface area contributed by atoms with Crippen molar-refractivity contribution >= 4 is 15.8 Å². The van der Waals surface area contributed by atoms with Crippen LogP contribution in [-0.2, 0) is 27.6 Å². The summed E-state index contributed by atoms with van der Waals surface area (Å²) in [6, 6.07) is 7.05. The van der Waals surface area contributed by atoms with Gasteiger partial charge in [-0.3, -0.25) is 9.69 Å². The Morgan fingerprint density at radius 3 is 2.58 bits per heavy atom. The molecule has 6 heteroatoms. The molecule has 19 heavy (non-hydrogen) atoms. The van der Waals surface area contributed by atoms with Crippen molar-refractivity contribution in [1.29, 1.82) is 0 Å². The van der Waals surface area contributed by atoms with Gasteiger partial charge in [-0.15, -0.1) is 0 Å². The van der Waals surface area contributed by atoms with E-state index in [-0.39, 0.29) is 12.3 Å². The number of hydrogen-bond donors (Lipinski definition) is 1. The Balaban J connectivity index is 2.19. The summed E-state index contributed by atoms with van der Waals surface area (Å²) in [6.45, 7) is 0.743. The first-order chi connectivity index (χ1) is 8.87. The third-order valence-electron chi connectivity index (χ3n) is 3.38. The van der Waals surface area contributed by atoms with E-state index < -0.39 is 21.8 Å². The van der Waals surface area contributed by atoms with Crippen molar-refractivity contribution in [2.75, 3.05) is 18.6 Å². The molecule has 1 heterocycles. The van der Waals surface area contributed by atoms with Crippen molar-refractivity contribution in [3.63, 3.8) is 0 Å². The van der Waals surface area contributed by atoms with Crippen molar-refractivity contribution < 1.29 is 18.3 Å². The molecule has 0 radical (unpaired) electrons. The molecule has 1 aromatic rings. The van der Waals surface area contributed by atoms with Crippen LogP contribution in [0.25, 0.3) is 0 Å². The Bertz CT molecular complexity index is 582. The molecule has 104 valence electrons. The first-order valence-corrected chi connectivity index (χ1v) is 8.14. The van der Waals surface area contributed by atoms with Gasteiger partial charge in [0.15, 0.2) is 0 Å². The number of fused-ring (bicyclic) bond motifs is 1. The standard InChI is InChI=1S/C13H17NO4S/c1-19(17,18)7-6-14-9-11-5-3-2-4-10(11)8-12(14)13(15)16/h2-5,12H,6-9H2,1H3,(H,15,16)/t12-/m0/s1. The lowest BCUT2D eigenvalue weighted by atomic mass is 9.94. The molecule has 0 unspecified atom stereocenters. The number of aliphatic carboxylic acids is 1. The van der Waals surface area contributed by atoms with E-state index in [0.717, 1.165) is 11.1 Å². The minimum absolute atomic E-state index is 0.0149. The normalized spacial score (nSPS) is 19.9. The van der Waals surface area contributed by atoms with Crippen LogP contribution in [0.3, 0.4) is 0 Å². The van der Waals surface area contributed by atoms with E-state index >= 15 is 0 Å². The zero-order valence-corrected chi connectivity index (χ0v) is 11.6. The highest BCUT2D eigenvalue weighted by molar-refractivity contribution is 7.90. The number of nitrogens with zero attached hydrogens (tertiary/aromatic N) is 1. The maximum absolute atomic E-state index is 11.3. The predicted octanol–water partition coefficient (Wildman–Crippen LogP) is 0.542. The number of hydrogen-bond acceptors (Lipinski definition) is 4. The monoisotopic (exact) mass is 283 g/mol. The summed E-state index contributed by atoms with van der Waals surface area (Å²) in [6.07, 6.45) is 1.59. The lowest BCUT2D eigenvalue weighted by Gasteiger charge is -2.34. The van der Waals surface area contributed by atoms with E-state index in [2.05, 4.69) is 0 Å². The van der Waals surface area contributed by atoms with Gasteiger partial charge in [-0.1, -0.05) is 24.3 Å². The van der Waals surface area contributed by atoms with Gasteiger partial charge < -0.3 is 5.11 Å². The Labute approximate surface area is 112 Å². The summed E-state index contributed by atoms with van der Waals surface area (Å²) in [7, 11) is -3.08. The molecule has 1 aliphatic rings. The lowest BCUT2D eigenvalue weighted by Crippen LogP contribution is -2.47. The third kappa shape index (κ3) is 3.54. The highest BCUT2D eigenvalue weighted by Gasteiger charge is 2.31. The predicted molar refractivity (Wildman–Crippen MR) is 71.7 cm³/mol. The molecule has 0 aliphatic carbocycles. The molecule has 0 amide bonds. The van der Waals surface area contributed by atoms with Crippen LogP contribution in [0.2, 0.25) is 0 Å². The molecule has 0 spiro atoms. The second-order valence-corrected chi connectivity index (χ2v) is 7.19.